The molecule has 1 saturated carbocycles. The zero-order valence-electron chi connectivity index (χ0n) is 12.3. The molecule has 4 nitrogen and oxygen atoms in total. The van der Waals surface area contributed by atoms with Crippen LogP contribution in [0.4, 0.5) is 0 Å². The Labute approximate surface area is 126 Å². The third kappa shape index (κ3) is 2.25. The molecule has 3 atom stereocenters. The molecule has 1 heterocycles. The van der Waals surface area contributed by atoms with Crippen molar-refractivity contribution in [3.05, 3.63) is 22.8 Å². The monoisotopic (exact) mass is 309 g/mol. The standard InChI is InChI=1S/C16H23NO3S/c18-21(19,16-11-12-4-5-13(16)10-12)15-3-1-2-14(15)17-6-8-20-9-7-17/h4-5,12-13,16H,1-3,6-11H2/t12-,13-,16+/m0/s1. The maximum atomic E-state index is 13.1. The van der Waals surface area contributed by atoms with Crippen LogP contribution in [0.15, 0.2) is 22.8 Å². The summed E-state index contributed by atoms with van der Waals surface area (Å²) in [6, 6.07) is 0. The zero-order chi connectivity index (χ0) is 14.4. The number of hydrogen-bond acceptors (Lipinski definition) is 4. The third-order valence-electron chi connectivity index (χ3n) is 5.49. The molecule has 4 rings (SSSR count). The van der Waals surface area contributed by atoms with Crippen LogP contribution < -0.4 is 0 Å². The number of rotatable bonds is 3. The normalized spacial score (nSPS) is 36.0. The van der Waals surface area contributed by atoms with Crippen molar-refractivity contribution < 1.29 is 13.2 Å². The Morgan fingerprint density at radius 2 is 1.90 bits per heavy atom. The number of nitrogens with zero attached hydrogens (tertiary/aromatic N) is 1. The van der Waals surface area contributed by atoms with Crippen molar-refractivity contribution in [3.63, 3.8) is 0 Å². The van der Waals surface area contributed by atoms with E-state index in [0.29, 0.717) is 19.1 Å². The minimum Gasteiger partial charge on any atom is -0.378 e. The highest BCUT2D eigenvalue weighted by Gasteiger charge is 2.46. The van der Waals surface area contributed by atoms with E-state index in [1.807, 2.05) is 0 Å². The first kappa shape index (κ1) is 13.8. The Bertz CT molecular complexity index is 587. The summed E-state index contributed by atoms with van der Waals surface area (Å²) in [5.41, 5.74) is 1.10. The van der Waals surface area contributed by atoms with Gasteiger partial charge in [-0.15, -0.1) is 0 Å². The average molecular weight is 309 g/mol. The van der Waals surface area contributed by atoms with Crippen LogP contribution in [-0.2, 0) is 14.6 Å². The molecule has 0 aromatic heterocycles. The first-order valence-electron chi connectivity index (χ1n) is 8.13. The van der Waals surface area contributed by atoms with E-state index in [1.54, 1.807) is 0 Å². The van der Waals surface area contributed by atoms with Gasteiger partial charge >= 0.3 is 0 Å². The van der Waals surface area contributed by atoms with E-state index in [-0.39, 0.29) is 11.2 Å². The van der Waals surface area contributed by atoms with Gasteiger partial charge < -0.3 is 9.64 Å². The summed E-state index contributed by atoms with van der Waals surface area (Å²) >= 11 is 0. The van der Waals surface area contributed by atoms with Crippen LogP contribution in [0.3, 0.4) is 0 Å². The van der Waals surface area contributed by atoms with Crippen LogP contribution >= 0.6 is 0 Å². The van der Waals surface area contributed by atoms with Crippen LogP contribution in [0.5, 0.6) is 0 Å². The molecule has 4 aliphatic rings. The molecular formula is C16H23NO3S. The minimum atomic E-state index is -3.12. The lowest BCUT2D eigenvalue weighted by molar-refractivity contribution is 0.0525. The van der Waals surface area contributed by atoms with E-state index in [9.17, 15) is 8.42 Å². The van der Waals surface area contributed by atoms with E-state index in [1.165, 1.54) is 0 Å². The SMILES string of the molecule is O=S(=O)(C1=C(N2CCOCC2)CCC1)[C@@H]1C[C@H]2C=C[C@H]1C2. The van der Waals surface area contributed by atoms with Crippen molar-refractivity contribution in [1.29, 1.82) is 0 Å². The van der Waals surface area contributed by atoms with E-state index in [0.717, 1.165) is 55.8 Å². The predicted molar refractivity (Wildman–Crippen MR) is 81.3 cm³/mol. The Hall–Kier alpha value is -0.810. The molecule has 0 radical (unpaired) electrons. The summed E-state index contributed by atoms with van der Waals surface area (Å²) in [6.45, 7) is 3.11. The van der Waals surface area contributed by atoms with Crippen LogP contribution in [-0.4, -0.2) is 44.9 Å². The minimum absolute atomic E-state index is 0.156. The fourth-order valence-corrected chi connectivity index (χ4v) is 6.96. The quantitative estimate of drug-likeness (QED) is 0.749. The maximum Gasteiger partial charge on any atom is 0.179 e. The van der Waals surface area contributed by atoms with Gasteiger partial charge in [-0.1, -0.05) is 12.2 Å². The summed E-state index contributed by atoms with van der Waals surface area (Å²) in [5.74, 6) is 0.766. The Morgan fingerprint density at radius 3 is 2.57 bits per heavy atom. The summed E-state index contributed by atoms with van der Waals surface area (Å²) in [7, 11) is -3.12. The highest BCUT2D eigenvalue weighted by molar-refractivity contribution is 7.95. The average Bonchev–Trinajstić information content (AvgIpc) is 3.24. The lowest BCUT2D eigenvalue weighted by Crippen LogP contribution is -2.37. The van der Waals surface area contributed by atoms with E-state index < -0.39 is 9.84 Å². The van der Waals surface area contributed by atoms with E-state index in [2.05, 4.69) is 17.1 Å². The van der Waals surface area contributed by atoms with E-state index in [4.69, 9.17) is 4.74 Å². The summed E-state index contributed by atoms with van der Waals surface area (Å²) in [4.78, 5) is 3.02. The fourth-order valence-electron chi connectivity index (χ4n) is 4.44. The number of sulfone groups is 1. The smallest absolute Gasteiger partial charge is 0.179 e. The molecule has 2 fully saturated rings. The van der Waals surface area contributed by atoms with Gasteiger partial charge in [0.15, 0.2) is 9.84 Å². The molecule has 1 saturated heterocycles. The van der Waals surface area contributed by atoms with Gasteiger partial charge in [-0.2, -0.15) is 0 Å². The molecule has 0 N–H and O–H groups in total. The summed E-state index contributed by atoms with van der Waals surface area (Å²) in [5, 5.41) is -0.156. The van der Waals surface area contributed by atoms with Crippen LogP contribution in [0.25, 0.3) is 0 Å². The fraction of sp³-hybridized carbons (Fsp3) is 0.750. The van der Waals surface area contributed by atoms with Crippen molar-refractivity contribution in [2.75, 3.05) is 26.3 Å². The van der Waals surface area contributed by atoms with Gasteiger partial charge in [-0.3, -0.25) is 0 Å². The van der Waals surface area contributed by atoms with Crippen molar-refractivity contribution >= 4 is 9.84 Å². The number of hydrogen-bond donors (Lipinski definition) is 0. The van der Waals surface area contributed by atoms with Gasteiger partial charge in [0.05, 0.1) is 23.4 Å². The van der Waals surface area contributed by atoms with Crippen LogP contribution in [0, 0.1) is 11.8 Å². The molecule has 0 unspecified atom stereocenters. The topological polar surface area (TPSA) is 46.6 Å². The summed E-state index contributed by atoms with van der Waals surface area (Å²) in [6.07, 6.45) is 8.88. The number of ether oxygens (including phenoxy) is 1. The molecule has 3 aliphatic carbocycles. The second kappa shape index (κ2) is 5.13. The number of morpholine rings is 1. The second-order valence-electron chi connectivity index (χ2n) is 6.69. The first-order chi connectivity index (χ1) is 10.2. The predicted octanol–water partition coefficient (Wildman–Crippen LogP) is 2.09. The van der Waals surface area contributed by atoms with Crippen molar-refractivity contribution in [2.45, 2.75) is 37.4 Å². The molecule has 116 valence electrons. The molecule has 2 bridgehead atoms. The molecule has 21 heavy (non-hydrogen) atoms. The molecule has 0 aromatic rings. The first-order valence-corrected chi connectivity index (χ1v) is 9.68. The largest absolute Gasteiger partial charge is 0.378 e. The molecule has 5 heteroatoms. The van der Waals surface area contributed by atoms with Gasteiger partial charge in [-0.05, 0) is 43.9 Å². The lowest BCUT2D eigenvalue weighted by atomic mass is 10.1. The van der Waals surface area contributed by atoms with Gasteiger partial charge in [-0.25, -0.2) is 8.42 Å². The molecule has 0 amide bonds. The molecule has 0 aromatic carbocycles. The Balaban J connectivity index is 1.65. The maximum absolute atomic E-state index is 13.1. The molecule has 0 spiro atoms. The van der Waals surface area contributed by atoms with Gasteiger partial charge in [0.25, 0.3) is 0 Å². The van der Waals surface area contributed by atoms with Gasteiger partial charge in [0.1, 0.15) is 0 Å². The number of allylic oxidation sites excluding steroid dienone is 4. The van der Waals surface area contributed by atoms with Crippen molar-refractivity contribution in [3.8, 4) is 0 Å². The van der Waals surface area contributed by atoms with Crippen LogP contribution in [0.2, 0.25) is 0 Å². The van der Waals surface area contributed by atoms with Gasteiger partial charge in [0.2, 0.25) is 0 Å². The highest BCUT2D eigenvalue weighted by atomic mass is 32.2. The van der Waals surface area contributed by atoms with E-state index >= 15 is 0 Å². The summed E-state index contributed by atoms with van der Waals surface area (Å²) < 4.78 is 31.7. The molecule has 1 aliphatic heterocycles. The Morgan fingerprint density at radius 1 is 1.10 bits per heavy atom. The molecular weight excluding hydrogens is 286 g/mol. The zero-order valence-corrected chi connectivity index (χ0v) is 13.1. The Kier molecular flexibility index (Phi) is 3.38. The number of fused-ring (bicyclic) bond motifs is 2. The lowest BCUT2D eigenvalue weighted by Gasteiger charge is -2.31. The van der Waals surface area contributed by atoms with Crippen molar-refractivity contribution in [2.24, 2.45) is 11.8 Å². The highest BCUT2D eigenvalue weighted by Crippen LogP contribution is 2.46. The third-order valence-corrected chi connectivity index (χ3v) is 7.96. The van der Waals surface area contributed by atoms with Crippen LogP contribution in [0.1, 0.15) is 32.1 Å². The van der Waals surface area contributed by atoms with Crippen molar-refractivity contribution in [1.82, 2.24) is 4.90 Å². The van der Waals surface area contributed by atoms with Gasteiger partial charge in [0, 0.05) is 18.8 Å². The second-order valence-corrected chi connectivity index (χ2v) is 8.87.